The molecular weight excluding hydrogens is 116 g/mol. The first-order chi connectivity index (χ1) is 4.22. The molecule has 9 heavy (non-hydrogen) atoms. The summed E-state index contributed by atoms with van der Waals surface area (Å²) < 4.78 is 0. The van der Waals surface area contributed by atoms with E-state index in [4.69, 9.17) is 5.11 Å². The number of aliphatic carboxylic acids is 1. The maximum Gasteiger partial charge on any atom is 0.335 e. The average Bonchev–Trinajstić information content (AvgIpc) is 1.82. The number of carboxylic acid groups (broad SMARTS) is 1. The van der Waals surface area contributed by atoms with E-state index in [1.165, 1.54) is 6.08 Å². The van der Waals surface area contributed by atoms with E-state index >= 15 is 0 Å². The number of hydrogen-bond donors (Lipinski definition) is 1. The Morgan fingerprint density at radius 3 is 2.44 bits per heavy atom. The second kappa shape index (κ2) is 3.89. The van der Waals surface area contributed by atoms with Crippen molar-refractivity contribution in [2.24, 2.45) is 0 Å². The highest BCUT2D eigenvalue weighted by Crippen LogP contribution is 1.96. The quantitative estimate of drug-likeness (QED) is 0.460. The Balaban J connectivity index is 4.14. The molecule has 0 spiro atoms. The van der Waals surface area contributed by atoms with Crippen LogP contribution in [0.2, 0.25) is 0 Å². The maximum atomic E-state index is 10.2. The van der Waals surface area contributed by atoms with Gasteiger partial charge in [-0.2, -0.15) is 0 Å². The molecule has 0 aromatic heterocycles. The van der Waals surface area contributed by atoms with E-state index < -0.39 is 5.97 Å². The van der Waals surface area contributed by atoms with E-state index in [-0.39, 0.29) is 5.57 Å². The Morgan fingerprint density at radius 2 is 2.33 bits per heavy atom. The van der Waals surface area contributed by atoms with Crippen molar-refractivity contribution >= 4 is 5.97 Å². The third kappa shape index (κ3) is 2.69. The summed E-state index contributed by atoms with van der Waals surface area (Å²) in [5, 5.41) is 8.36. The highest BCUT2D eigenvalue weighted by molar-refractivity contribution is 5.89. The second-order valence-corrected chi connectivity index (χ2v) is 1.58. The van der Waals surface area contributed by atoms with Crippen LogP contribution in [-0.2, 0) is 4.79 Å². The van der Waals surface area contributed by atoms with Gasteiger partial charge in [0.25, 0.3) is 0 Å². The number of rotatable bonds is 3. The maximum absolute atomic E-state index is 10.2. The van der Waals surface area contributed by atoms with Crippen molar-refractivity contribution in [1.82, 2.24) is 0 Å². The monoisotopic (exact) mass is 126 g/mol. The van der Waals surface area contributed by atoms with Gasteiger partial charge in [0.2, 0.25) is 0 Å². The highest BCUT2D eigenvalue weighted by Gasteiger charge is 1.98. The van der Waals surface area contributed by atoms with Crippen molar-refractivity contribution in [2.45, 2.75) is 13.3 Å². The van der Waals surface area contributed by atoms with Gasteiger partial charge in [-0.25, -0.2) is 4.79 Å². The van der Waals surface area contributed by atoms with Gasteiger partial charge in [-0.15, -0.1) is 0 Å². The minimum atomic E-state index is -0.910. The zero-order chi connectivity index (χ0) is 7.28. The van der Waals surface area contributed by atoms with Gasteiger partial charge in [0.1, 0.15) is 0 Å². The number of hydrogen-bond acceptors (Lipinski definition) is 1. The molecule has 0 unspecified atom stereocenters. The Bertz CT molecular complexity index is 145. The molecule has 0 rings (SSSR count). The van der Waals surface area contributed by atoms with E-state index in [1.54, 1.807) is 6.08 Å². The van der Waals surface area contributed by atoms with E-state index in [0.29, 0.717) is 0 Å². The summed E-state index contributed by atoms with van der Waals surface area (Å²) in [5.74, 6) is -0.910. The van der Waals surface area contributed by atoms with Crippen molar-refractivity contribution in [1.29, 1.82) is 0 Å². The molecule has 0 saturated heterocycles. The average molecular weight is 126 g/mol. The lowest BCUT2D eigenvalue weighted by atomic mass is 10.2. The van der Waals surface area contributed by atoms with Gasteiger partial charge >= 0.3 is 5.97 Å². The lowest BCUT2D eigenvalue weighted by Gasteiger charge is -1.89. The summed E-state index contributed by atoms with van der Waals surface area (Å²) in [7, 11) is 0. The molecule has 1 N–H and O–H groups in total. The van der Waals surface area contributed by atoms with Crippen LogP contribution in [0.3, 0.4) is 0 Å². The predicted octanol–water partition coefficient (Wildman–Crippen LogP) is 1.59. The highest BCUT2D eigenvalue weighted by atomic mass is 16.4. The standard InChI is InChI=1S/C7H10O2/c1-3-5-6(4-2)7(8)9/h4-5H,2-3H2,1H3,(H,8,9). The third-order valence-electron chi connectivity index (χ3n) is 0.891. The van der Waals surface area contributed by atoms with Gasteiger partial charge in [-0.1, -0.05) is 25.7 Å². The lowest BCUT2D eigenvalue weighted by Crippen LogP contribution is -1.96. The zero-order valence-corrected chi connectivity index (χ0v) is 5.42. The Hall–Kier alpha value is -1.05. The number of carbonyl (C=O) groups is 1. The molecule has 0 amide bonds. The van der Waals surface area contributed by atoms with Crippen LogP contribution >= 0.6 is 0 Å². The van der Waals surface area contributed by atoms with Crippen molar-refractivity contribution in [2.75, 3.05) is 0 Å². The van der Waals surface area contributed by atoms with Gasteiger partial charge in [-0.05, 0) is 6.42 Å². The molecular formula is C7H10O2. The molecule has 0 aromatic rings. The first kappa shape index (κ1) is 7.95. The van der Waals surface area contributed by atoms with Crippen LogP contribution in [0, 0.1) is 0 Å². The van der Waals surface area contributed by atoms with Crippen LogP contribution in [0.15, 0.2) is 24.3 Å². The minimum absolute atomic E-state index is 0.275. The zero-order valence-electron chi connectivity index (χ0n) is 5.42. The summed E-state index contributed by atoms with van der Waals surface area (Å²) in [6, 6.07) is 0. The number of allylic oxidation sites excluding steroid dienone is 1. The molecule has 0 fully saturated rings. The van der Waals surface area contributed by atoms with Crippen LogP contribution in [-0.4, -0.2) is 11.1 Å². The van der Waals surface area contributed by atoms with Crippen LogP contribution in [0.1, 0.15) is 13.3 Å². The van der Waals surface area contributed by atoms with Crippen molar-refractivity contribution in [3.8, 4) is 0 Å². The number of carboxylic acids is 1. The summed E-state index contributed by atoms with van der Waals surface area (Å²) in [4.78, 5) is 10.2. The fourth-order valence-electron chi connectivity index (χ4n) is 0.478. The topological polar surface area (TPSA) is 37.3 Å². The van der Waals surface area contributed by atoms with Crippen molar-refractivity contribution < 1.29 is 9.90 Å². The Kier molecular flexibility index (Phi) is 3.44. The van der Waals surface area contributed by atoms with Gasteiger partial charge in [0.05, 0.1) is 5.57 Å². The van der Waals surface area contributed by atoms with E-state index in [0.717, 1.165) is 6.42 Å². The SMILES string of the molecule is C=CC(=CCC)C(=O)O. The van der Waals surface area contributed by atoms with E-state index in [1.807, 2.05) is 6.92 Å². The van der Waals surface area contributed by atoms with Crippen LogP contribution < -0.4 is 0 Å². The summed E-state index contributed by atoms with van der Waals surface area (Å²) in [5.41, 5.74) is 0.275. The summed E-state index contributed by atoms with van der Waals surface area (Å²) in [6.45, 7) is 5.23. The molecule has 0 atom stereocenters. The third-order valence-corrected chi connectivity index (χ3v) is 0.891. The normalized spacial score (nSPS) is 11.0. The fraction of sp³-hybridized carbons (Fsp3) is 0.286. The predicted molar refractivity (Wildman–Crippen MR) is 36.2 cm³/mol. The van der Waals surface area contributed by atoms with Gasteiger partial charge in [-0.3, -0.25) is 0 Å². The molecule has 0 saturated carbocycles. The Morgan fingerprint density at radius 1 is 1.78 bits per heavy atom. The van der Waals surface area contributed by atoms with Crippen molar-refractivity contribution in [3.05, 3.63) is 24.3 Å². The van der Waals surface area contributed by atoms with Gasteiger partial charge in [0, 0.05) is 0 Å². The van der Waals surface area contributed by atoms with Crippen LogP contribution in [0.4, 0.5) is 0 Å². The summed E-state index contributed by atoms with van der Waals surface area (Å²) in [6.07, 6.45) is 3.69. The van der Waals surface area contributed by atoms with Crippen LogP contribution in [0.25, 0.3) is 0 Å². The first-order valence-corrected chi connectivity index (χ1v) is 2.78. The van der Waals surface area contributed by atoms with Gasteiger partial charge in [0.15, 0.2) is 0 Å². The first-order valence-electron chi connectivity index (χ1n) is 2.78. The van der Waals surface area contributed by atoms with Crippen LogP contribution in [0.5, 0.6) is 0 Å². The van der Waals surface area contributed by atoms with E-state index in [2.05, 4.69) is 6.58 Å². The lowest BCUT2D eigenvalue weighted by molar-refractivity contribution is -0.132. The molecule has 2 nitrogen and oxygen atoms in total. The molecule has 0 heterocycles. The molecule has 0 aromatic carbocycles. The molecule has 0 aliphatic rings. The molecule has 0 bridgehead atoms. The second-order valence-electron chi connectivity index (χ2n) is 1.58. The smallest absolute Gasteiger partial charge is 0.335 e. The largest absolute Gasteiger partial charge is 0.478 e. The molecule has 0 aliphatic heterocycles. The van der Waals surface area contributed by atoms with Crippen molar-refractivity contribution in [3.63, 3.8) is 0 Å². The molecule has 50 valence electrons. The van der Waals surface area contributed by atoms with Gasteiger partial charge < -0.3 is 5.11 Å². The van der Waals surface area contributed by atoms with E-state index in [9.17, 15) is 4.79 Å². The summed E-state index contributed by atoms with van der Waals surface area (Å²) >= 11 is 0. The minimum Gasteiger partial charge on any atom is -0.478 e. The Labute approximate surface area is 54.5 Å². The molecule has 0 aliphatic carbocycles. The fourth-order valence-corrected chi connectivity index (χ4v) is 0.478. The molecule has 2 heteroatoms. The molecule has 0 radical (unpaired) electrons.